The molecular formula is C25H32N4O4. The maximum atomic E-state index is 13.0. The number of hydrogen-bond donors (Lipinski definition) is 3. The molecule has 1 aromatic carbocycles. The Morgan fingerprint density at radius 1 is 1.15 bits per heavy atom. The van der Waals surface area contributed by atoms with E-state index in [4.69, 9.17) is 9.26 Å². The van der Waals surface area contributed by atoms with E-state index in [0.717, 1.165) is 73.6 Å². The first-order valence-corrected chi connectivity index (χ1v) is 11.9. The van der Waals surface area contributed by atoms with Crippen molar-refractivity contribution in [1.82, 2.24) is 10.5 Å². The molecule has 8 nitrogen and oxygen atoms in total. The van der Waals surface area contributed by atoms with Crippen molar-refractivity contribution in [2.75, 3.05) is 23.8 Å². The molecule has 0 unspecified atom stereocenters. The number of amides is 2. The molecule has 2 aromatic rings. The van der Waals surface area contributed by atoms with Gasteiger partial charge in [0.15, 0.2) is 0 Å². The number of anilines is 2. The second-order valence-corrected chi connectivity index (χ2v) is 9.87. The molecule has 8 heteroatoms. The van der Waals surface area contributed by atoms with Crippen molar-refractivity contribution in [1.29, 1.82) is 0 Å². The van der Waals surface area contributed by atoms with Gasteiger partial charge >= 0.3 is 0 Å². The topological polar surface area (TPSA) is 105 Å². The Bertz CT molecular complexity index is 1030. The third-order valence-electron chi connectivity index (χ3n) is 7.37. The smallest absolute Gasteiger partial charge is 0.247 e. The number of aryl methyl sites for hydroxylation is 2. The van der Waals surface area contributed by atoms with Crippen LogP contribution >= 0.6 is 0 Å². The lowest BCUT2D eigenvalue weighted by Crippen LogP contribution is -2.47. The lowest BCUT2D eigenvalue weighted by atomic mass is 9.71. The Kier molecular flexibility index (Phi) is 5.86. The Balaban J connectivity index is 1.38. The van der Waals surface area contributed by atoms with Crippen LogP contribution in [-0.2, 0) is 14.3 Å². The minimum atomic E-state index is -0.505. The third-order valence-corrected chi connectivity index (χ3v) is 7.37. The minimum Gasteiger partial charge on any atom is -0.381 e. The lowest BCUT2D eigenvalue weighted by Gasteiger charge is -2.46. The number of hydrogen-bond acceptors (Lipinski definition) is 6. The van der Waals surface area contributed by atoms with Gasteiger partial charge in [0.25, 0.3) is 0 Å². The maximum Gasteiger partial charge on any atom is 0.247 e. The van der Waals surface area contributed by atoms with E-state index in [-0.39, 0.29) is 11.8 Å². The fraction of sp³-hybridized carbons (Fsp3) is 0.560. The van der Waals surface area contributed by atoms with Gasteiger partial charge in [-0.15, -0.1) is 0 Å². The molecule has 2 saturated heterocycles. The van der Waals surface area contributed by atoms with Crippen molar-refractivity contribution < 1.29 is 18.8 Å². The molecular weight excluding hydrogens is 420 g/mol. The second kappa shape index (κ2) is 8.82. The standard InChI is InChI=1S/C25H32N4O4/c1-15-23(16(2)33-29-15)17-6-7-19(26-18-8-10-25(11-9-18)13-32-14-25)21(12-17)28-24(31)20-4-3-5-22(30)27-20/h6-7,12,18,20,26H,3-5,8-11,13-14H2,1-2H3,(H,27,30)(H,28,31)/t20-/m0/s1. The summed E-state index contributed by atoms with van der Waals surface area (Å²) in [5.41, 5.74) is 4.69. The van der Waals surface area contributed by atoms with Gasteiger partial charge in [-0.3, -0.25) is 9.59 Å². The van der Waals surface area contributed by atoms with Gasteiger partial charge in [-0.2, -0.15) is 0 Å². The molecule has 2 amide bonds. The highest BCUT2D eigenvalue weighted by molar-refractivity contribution is 6.00. The van der Waals surface area contributed by atoms with E-state index < -0.39 is 6.04 Å². The number of aromatic nitrogens is 1. The molecule has 0 radical (unpaired) electrons. The maximum absolute atomic E-state index is 13.0. The summed E-state index contributed by atoms with van der Waals surface area (Å²) < 4.78 is 10.8. The molecule has 5 rings (SSSR count). The van der Waals surface area contributed by atoms with Crippen LogP contribution in [0.3, 0.4) is 0 Å². The number of benzene rings is 1. The molecule has 3 N–H and O–H groups in total. The van der Waals surface area contributed by atoms with Crippen LogP contribution in [0.25, 0.3) is 11.1 Å². The Labute approximate surface area is 193 Å². The first-order valence-electron chi connectivity index (χ1n) is 11.9. The predicted octanol–water partition coefficient (Wildman–Crippen LogP) is 3.94. The first kappa shape index (κ1) is 21.9. The highest BCUT2D eigenvalue weighted by atomic mass is 16.5. The first-order chi connectivity index (χ1) is 15.9. The van der Waals surface area contributed by atoms with Gasteiger partial charge in [0.1, 0.15) is 11.8 Å². The molecule has 176 valence electrons. The zero-order valence-electron chi connectivity index (χ0n) is 19.3. The molecule has 3 aliphatic rings. The van der Waals surface area contributed by atoms with Gasteiger partial charge in [0.2, 0.25) is 11.8 Å². The molecule has 3 fully saturated rings. The van der Waals surface area contributed by atoms with Crippen LogP contribution in [0.15, 0.2) is 22.7 Å². The summed E-state index contributed by atoms with van der Waals surface area (Å²) >= 11 is 0. The van der Waals surface area contributed by atoms with Gasteiger partial charge in [0.05, 0.1) is 30.3 Å². The number of rotatable bonds is 5. The van der Waals surface area contributed by atoms with Crippen LogP contribution in [0.4, 0.5) is 11.4 Å². The average Bonchev–Trinajstić information content (AvgIpc) is 3.12. The van der Waals surface area contributed by atoms with Crippen LogP contribution in [0.5, 0.6) is 0 Å². The predicted molar refractivity (Wildman–Crippen MR) is 125 cm³/mol. The molecule has 3 heterocycles. The number of ether oxygens (including phenoxy) is 1. The van der Waals surface area contributed by atoms with Gasteiger partial charge in [-0.05, 0) is 70.1 Å². The summed E-state index contributed by atoms with van der Waals surface area (Å²) in [6.07, 6.45) is 6.35. The SMILES string of the molecule is Cc1noc(C)c1-c1ccc(NC2CCC3(CC2)COC3)c(NC(=O)[C@@H]2CCCC(=O)N2)c1. The van der Waals surface area contributed by atoms with Crippen LogP contribution in [0.1, 0.15) is 56.4 Å². The van der Waals surface area contributed by atoms with Gasteiger partial charge in [-0.1, -0.05) is 11.2 Å². The van der Waals surface area contributed by atoms with Crippen molar-refractivity contribution in [2.24, 2.45) is 5.41 Å². The second-order valence-electron chi connectivity index (χ2n) is 9.87. The summed E-state index contributed by atoms with van der Waals surface area (Å²) in [4.78, 5) is 24.8. The van der Waals surface area contributed by atoms with E-state index >= 15 is 0 Å². The van der Waals surface area contributed by atoms with Crippen molar-refractivity contribution in [3.8, 4) is 11.1 Å². The summed E-state index contributed by atoms with van der Waals surface area (Å²) in [6.45, 7) is 5.58. The third kappa shape index (κ3) is 4.49. The van der Waals surface area contributed by atoms with E-state index in [1.54, 1.807) is 0 Å². The van der Waals surface area contributed by atoms with E-state index in [2.05, 4.69) is 21.1 Å². The van der Waals surface area contributed by atoms with Crippen molar-refractivity contribution >= 4 is 23.2 Å². The van der Waals surface area contributed by atoms with Crippen LogP contribution in [0.2, 0.25) is 0 Å². The van der Waals surface area contributed by atoms with Crippen LogP contribution in [-0.4, -0.2) is 42.3 Å². The summed E-state index contributed by atoms with van der Waals surface area (Å²) in [5, 5.41) is 13.6. The van der Waals surface area contributed by atoms with Crippen molar-refractivity contribution in [3.63, 3.8) is 0 Å². The zero-order chi connectivity index (χ0) is 23.0. The lowest BCUT2D eigenvalue weighted by molar-refractivity contribution is -0.131. The highest BCUT2D eigenvalue weighted by Gasteiger charge is 2.41. The van der Waals surface area contributed by atoms with Crippen molar-refractivity contribution in [2.45, 2.75) is 70.9 Å². The van der Waals surface area contributed by atoms with Crippen molar-refractivity contribution in [3.05, 3.63) is 29.7 Å². The molecule has 1 atom stereocenters. The van der Waals surface area contributed by atoms with E-state index in [9.17, 15) is 9.59 Å². The van der Waals surface area contributed by atoms with E-state index in [0.29, 0.717) is 30.0 Å². The fourth-order valence-electron chi connectivity index (χ4n) is 5.32. The minimum absolute atomic E-state index is 0.0691. The molecule has 33 heavy (non-hydrogen) atoms. The number of nitrogens with zero attached hydrogens (tertiary/aromatic N) is 1. The number of carbonyl (C=O) groups is 2. The summed E-state index contributed by atoms with van der Waals surface area (Å²) in [6, 6.07) is 5.88. The number of carbonyl (C=O) groups excluding carboxylic acids is 2. The molecule has 1 aliphatic carbocycles. The fourth-order valence-corrected chi connectivity index (χ4v) is 5.32. The Morgan fingerprint density at radius 2 is 1.94 bits per heavy atom. The van der Waals surface area contributed by atoms with E-state index in [1.807, 2.05) is 32.0 Å². The number of piperidine rings is 1. The molecule has 1 aromatic heterocycles. The van der Waals surface area contributed by atoms with Crippen LogP contribution in [0, 0.1) is 19.3 Å². The Morgan fingerprint density at radius 3 is 2.58 bits per heavy atom. The Hall–Kier alpha value is -2.87. The van der Waals surface area contributed by atoms with Gasteiger partial charge in [-0.25, -0.2) is 0 Å². The van der Waals surface area contributed by atoms with Crippen LogP contribution < -0.4 is 16.0 Å². The molecule has 2 aliphatic heterocycles. The molecule has 1 saturated carbocycles. The zero-order valence-corrected chi connectivity index (χ0v) is 19.3. The van der Waals surface area contributed by atoms with E-state index in [1.165, 1.54) is 0 Å². The number of nitrogens with one attached hydrogen (secondary N) is 3. The quantitative estimate of drug-likeness (QED) is 0.635. The molecule has 1 spiro atoms. The normalized spacial score (nSPS) is 22.5. The monoisotopic (exact) mass is 452 g/mol. The van der Waals surface area contributed by atoms with Gasteiger partial charge < -0.3 is 25.2 Å². The average molecular weight is 453 g/mol. The largest absolute Gasteiger partial charge is 0.381 e. The summed E-state index contributed by atoms with van der Waals surface area (Å²) in [5.74, 6) is 0.488. The molecule has 0 bridgehead atoms. The summed E-state index contributed by atoms with van der Waals surface area (Å²) in [7, 11) is 0. The highest BCUT2D eigenvalue weighted by Crippen LogP contribution is 2.43. The van der Waals surface area contributed by atoms with Gasteiger partial charge in [0, 0.05) is 23.4 Å².